The van der Waals surface area contributed by atoms with E-state index in [-0.39, 0.29) is 41.7 Å². The fourth-order valence-electron chi connectivity index (χ4n) is 3.80. The molecule has 0 bridgehead atoms. The van der Waals surface area contributed by atoms with E-state index in [1.165, 1.54) is 25.2 Å². The lowest BCUT2D eigenvalue weighted by atomic mass is 10.0. The summed E-state index contributed by atoms with van der Waals surface area (Å²) in [5, 5.41) is 6.07. The zero-order valence-corrected chi connectivity index (χ0v) is 15.9. The monoisotopic (exact) mass is 396 g/mol. The summed E-state index contributed by atoms with van der Waals surface area (Å²) in [5.74, 6) is -1.27. The maximum atomic E-state index is 13.6. The normalized spacial score (nSPS) is 19.4. The number of nitrogens with one attached hydrogen (secondary N) is 2. The highest BCUT2D eigenvalue weighted by Crippen LogP contribution is 2.26. The zero-order valence-electron chi connectivity index (χ0n) is 15.9. The van der Waals surface area contributed by atoms with Crippen molar-refractivity contribution in [3.63, 3.8) is 0 Å². The number of hydrogen-bond acceptors (Lipinski definition) is 5. The summed E-state index contributed by atoms with van der Waals surface area (Å²) < 4.78 is 13.6. The maximum absolute atomic E-state index is 13.6. The molecule has 2 N–H and O–H groups in total. The third-order valence-corrected chi connectivity index (χ3v) is 5.31. The molecule has 2 aliphatic rings. The highest BCUT2D eigenvalue weighted by atomic mass is 19.1. The van der Waals surface area contributed by atoms with Crippen LogP contribution in [0.15, 0.2) is 42.5 Å². The van der Waals surface area contributed by atoms with Crippen molar-refractivity contribution in [2.24, 2.45) is 0 Å². The smallest absolute Gasteiger partial charge is 0.261 e. The summed E-state index contributed by atoms with van der Waals surface area (Å²) in [5.41, 5.74) is 1.90. The van der Waals surface area contributed by atoms with Gasteiger partial charge in [0, 0.05) is 38.4 Å². The molecule has 8 heteroatoms. The molecule has 0 spiro atoms. The van der Waals surface area contributed by atoms with E-state index in [1.807, 2.05) is 11.0 Å². The van der Waals surface area contributed by atoms with Crippen LogP contribution in [0.4, 0.5) is 10.1 Å². The van der Waals surface area contributed by atoms with Crippen molar-refractivity contribution >= 4 is 23.4 Å². The number of carbonyl (C=O) groups excluding carboxylic acids is 3. The second kappa shape index (κ2) is 7.73. The number of imide groups is 1. The Kier molecular flexibility index (Phi) is 5.12. The Morgan fingerprint density at radius 2 is 1.97 bits per heavy atom. The van der Waals surface area contributed by atoms with Gasteiger partial charge in [-0.3, -0.25) is 24.2 Å². The van der Waals surface area contributed by atoms with E-state index >= 15 is 0 Å². The first-order chi connectivity index (χ1) is 13.9. The van der Waals surface area contributed by atoms with Gasteiger partial charge in [-0.15, -0.1) is 0 Å². The molecule has 1 saturated heterocycles. The third kappa shape index (κ3) is 3.76. The van der Waals surface area contributed by atoms with Crippen LogP contribution in [0, 0.1) is 5.82 Å². The predicted molar refractivity (Wildman–Crippen MR) is 105 cm³/mol. The quantitative estimate of drug-likeness (QED) is 0.768. The SMILES string of the molecule is CN1C(=O)c2ccc(NC(=O)CN3CCNCC3c3cccc(F)c3)cc2C1=O. The number of halogens is 1. The van der Waals surface area contributed by atoms with E-state index in [2.05, 4.69) is 10.6 Å². The zero-order chi connectivity index (χ0) is 20.5. The number of fused-ring (bicyclic) bond motifs is 1. The van der Waals surface area contributed by atoms with Crippen LogP contribution in [0.5, 0.6) is 0 Å². The summed E-state index contributed by atoms with van der Waals surface area (Å²) in [6.45, 7) is 2.14. The Labute approximate surface area is 167 Å². The van der Waals surface area contributed by atoms with Crippen molar-refractivity contribution < 1.29 is 18.8 Å². The van der Waals surface area contributed by atoms with Crippen molar-refractivity contribution in [2.45, 2.75) is 6.04 Å². The van der Waals surface area contributed by atoms with Crippen molar-refractivity contribution in [2.75, 3.05) is 38.5 Å². The largest absolute Gasteiger partial charge is 0.325 e. The third-order valence-electron chi connectivity index (χ3n) is 5.31. The minimum Gasteiger partial charge on any atom is -0.325 e. The van der Waals surface area contributed by atoms with Crippen LogP contribution in [0.1, 0.15) is 32.3 Å². The molecule has 1 unspecified atom stereocenters. The van der Waals surface area contributed by atoms with Gasteiger partial charge in [-0.25, -0.2) is 4.39 Å². The molecule has 2 aromatic carbocycles. The van der Waals surface area contributed by atoms with Gasteiger partial charge in [0.25, 0.3) is 11.8 Å². The van der Waals surface area contributed by atoms with E-state index in [0.29, 0.717) is 24.3 Å². The Bertz CT molecular complexity index is 994. The predicted octanol–water partition coefficient (Wildman–Crippen LogP) is 1.64. The van der Waals surface area contributed by atoms with Gasteiger partial charge in [0.1, 0.15) is 5.82 Å². The Hall–Kier alpha value is -3.10. The van der Waals surface area contributed by atoms with Gasteiger partial charge in [0.15, 0.2) is 0 Å². The first kappa shape index (κ1) is 19.2. The number of anilines is 1. The molecule has 7 nitrogen and oxygen atoms in total. The van der Waals surface area contributed by atoms with Gasteiger partial charge >= 0.3 is 0 Å². The number of nitrogens with zero attached hydrogens (tertiary/aromatic N) is 2. The lowest BCUT2D eigenvalue weighted by Crippen LogP contribution is -2.48. The van der Waals surface area contributed by atoms with Crippen molar-refractivity contribution in [3.8, 4) is 0 Å². The molecule has 2 aliphatic heterocycles. The summed E-state index contributed by atoms with van der Waals surface area (Å²) in [4.78, 5) is 39.8. The van der Waals surface area contributed by atoms with E-state index in [1.54, 1.807) is 18.2 Å². The topological polar surface area (TPSA) is 81.8 Å². The molecule has 2 heterocycles. The van der Waals surface area contributed by atoms with Gasteiger partial charge in [-0.1, -0.05) is 12.1 Å². The molecule has 2 aromatic rings. The Balaban J connectivity index is 1.47. The molecule has 3 amide bonds. The summed E-state index contributed by atoms with van der Waals surface area (Å²) >= 11 is 0. The van der Waals surface area contributed by atoms with Crippen LogP contribution in [0.3, 0.4) is 0 Å². The number of carbonyl (C=O) groups is 3. The minimum absolute atomic E-state index is 0.113. The Morgan fingerprint density at radius 1 is 1.17 bits per heavy atom. The highest BCUT2D eigenvalue weighted by molar-refractivity contribution is 6.21. The molecule has 1 atom stereocenters. The van der Waals surface area contributed by atoms with Crippen LogP contribution in [0.2, 0.25) is 0 Å². The standard InChI is InChI=1S/C21H21FN4O3/c1-25-20(28)16-6-5-15(10-17(16)21(25)29)24-19(27)12-26-8-7-23-11-18(26)13-3-2-4-14(22)9-13/h2-6,9-10,18,23H,7-8,11-12H2,1H3,(H,24,27). The molecule has 0 radical (unpaired) electrons. The van der Waals surface area contributed by atoms with E-state index in [0.717, 1.165) is 17.0 Å². The van der Waals surface area contributed by atoms with Crippen LogP contribution >= 0.6 is 0 Å². The summed E-state index contributed by atoms with van der Waals surface area (Å²) in [6, 6.07) is 11.0. The van der Waals surface area contributed by atoms with Crippen molar-refractivity contribution in [3.05, 3.63) is 65.0 Å². The molecule has 0 saturated carbocycles. The fourth-order valence-corrected chi connectivity index (χ4v) is 3.80. The van der Waals surface area contributed by atoms with E-state index in [4.69, 9.17) is 0 Å². The molecule has 0 aliphatic carbocycles. The maximum Gasteiger partial charge on any atom is 0.261 e. The van der Waals surface area contributed by atoms with Gasteiger partial charge in [0.05, 0.1) is 17.7 Å². The number of hydrogen-bond donors (Lipinski definition) is 2. The molecular weight excluding hydrogens is 375 g/mol. The van der Waals surface area contributed by atoms with E-state index < -0.39 is 0 Å². The first-order valence-corrected chi connectivity index (χ1v) is 9.40. The number of piperazine rings is 1. The highest BCUT2D eigenvalue weighted by Gasteiger charge is 2.33. The van der Waals surface area contributed by atoms with Gasteiger partial charge in [0.2, 0.25) is 5.91 Å². The van der Waals surface area contributed by atoms with Crippen LogP contribution in [-0.2, 0) is 4.79 Å². The molecule has 150 valence electrons. The second-order valence-electron chi connectivity index (χ2n) is 7.22. The van der Waals surface area contributed by atoms with Gasteiger partial charge in [-0.2, -0.15) is 0 Å². The van der Waals surface area contributed by atoms with Gasteiger partial charge < -0.3 is 10.6 Å². The Morgan fingerprint density at radius 3 is 2.76 bits per heavy atom. The number of benzene rings is 2. The van der Waals surface area contributed by atoms with Crippen molar-refractivity contribution in [1.82, 2.24) is 15.1 Å². The average Bonchev–Trinajstić information content (AvgIpc) is 2.92. The van der Waals surface area contributed by atoms with Crippen LogP contribution < -0.4 is 10.6 Å². The van der Waals surface area contributed by atoms with Gasteiger partial charge in [-0.05, 0) is 35.9 Å². The van der Waals surface area contributed by atoms with Crippen LogP contribution in [-0.4, -0.2) is 60.7 Å². The molecule has 4 rings (SSSR count). The molecular formula is C21H21FN4O3. The summed E-state index contributed by atoms with van der Waals surface area (Å²) in [7, 11) is 1.43. The second-order valence-corrected chi connectivity index (χ2v) is 7.22. The molecule has 1 fully saturated rings. The minimum atomic E-state index is -0.380. The first-order valence-electron chi connectivity index (χ1n) is 9.40. The van der Waals surface area contributed by atoms with E-state index in [9.17, 15) is 18.8 Å². The number of amides is 3. The molecule has 29 heavy (non-hydrogen) atoms. The lowest BCUT2D eigenvalue weighted by Gasteiger charge is -2.36. The fraction of sp³-hybridized carbons (Fsp3) is 0.286. The average molecular weight is 396 g/mol. The summed E-state index contributed by atoms with van der Waals surface area (Å²) in [6.07, 6.45) is 0. The number of rotatable bonds is 4. The lowest BCUT2D eigenvalue weighted by molar-refractivity contribution is -0.118. The van der Waals surface area contributed by atoms with Crippen LogP contribution in [0.25, 0.3) is 0 Å². The van der Waals surface area contributed by atoms with Crippen molar-refractivity contribution in [1.29, 1.82) is 0 Å². The molecule has 0 aromatic heterocycles.